The fourth-order valence-electron chi connectivity index (χ4n) is 1.75. The molecule has 3 heteroatoms. The van der Waals surface area contributed by atoms with Crippen molar-refractivity contribution in [1.29, 1.82) is 5.26 Å². The quantitative estimate of drug-likeness (QED) is 0.668. The average molecular weight is 186 g/mol. The molecular weight excluding hydrogens is 176 g/mol. The van der Waals surface area contributed by atoms with Gasteiger partial charge < -0.3 is 0 Å². The number of pyridine rings is 1. The van der Waals surface area contributed by atoms with Crippen molar-refractivity contribution < 1.29 is 4.79 Å². The van der Waals surface area contributed by atoms with Crippen molar-refractivity contribution in [2.45, 2.75) is 25.2 Å². The Hall–Kier alpha value is -1.69. The second kappa shape index (κ2) is 2.91. The third-order valence-electron chi connectivity index (χ3n) is 2.59. The highest BCUT2D eigenvalue weighted by molar-refractivity contribution is 5.89. The zero-order chi connectivity index (χ0) is 10.2. The van der Waals surface area contributed by atoms with Crippen molar-refractivity contribution in [3.63, 3.8) is 0 Å². The molecule has 0 unspecified atom stereocenters. The Morgan fingerprint density at radius 1 is 1.50 bits per heavy atom. The van der Waals surface area contributed by atoms with Gasteiger partial charge in [-0.25, -0.2) is 0 Å². The molecule has 0 amide bonds. The monoisotopic (exact) mass is 186 g/mol. The second-order valence-electron chi connectivity index (χ2n) is 3.75. The highest BCUT2D eigenvalue weighted by Crippen LogP contribution is 2.39. The van der Waals surface area contributed by atoms with Crippen molar-refractivity contribution >= 4 is 5.78 Å². The largest absolute Gasteiger partial charge is 0.300 e. The Morgan fingerprint density at radius 2 is 2.21 bits per heavy atom. The van der Waals surface area contributed by atoms with Gasteiger partial charge in [0.25, 0.3) is 0 Å². The van der Waals surface area contributed by atoms with Crippen LogP contribution in [0.3, 0.4) is 0 Å². The van der Waals surface area contributed by atoms with Crippen molar-refractivity contribution in [3.8, 4) is 6.07 Å². The average Bonchev–Trinajstić information content (AvgIpc) is 2.12. The van der Waals surface area contributed by atoms with E-state index in [0.29, 0.717) is 12.8 Å². The molecule has 1 aromatic rings. The van der Waals surface area contributed by atoms with Crippen LogP contribution in [-0.4, -0.2) is 10.8 Å². The lowest BCUT2D eigenvalue weighted by atomic mass is 9.66. The fourth-order valence-corrected chi connectivity index (χ4v) is 1.75. The van der Waals surface area contributed by atoms with Gasteiger partial charge in [-0.2, -0.15) is 5.26 Å². The molecule has 0 spiro atoms. The number of Topliss-reactive ketones (excluding diaryl/α,β-unsaturated/α-hetero) is 1. The van der Waals surface area contributed by atoms with Gasteiger partial charge in [0.15, 0.2) is 0 Å². The third-order valence-corrected chi connectivity index (χ3v) is 2.59. The molecule has 3 nitrogen and oxygen atoms in total. The van der Waals surface area contributed by atoms with E-state index < -0.39 is 5.41 Å². The predicted molar refractivity (Wildman–Crippen MR) is 50.5 cm³/mol. The van der Waals surface area contributed by atoms with Gasteiger partial charge in [0.2, 0.25) is 0 Å². The minimum absolute atomic E-state index is 0.148. The fraction of sp³-hybridized carbons (Fsp3) is 0.364. The molecule has 1 heterocycles. The van der Waals surface area contributed by atoms with E-state index in [2.05, 4.69) is 11.1 Å². The molecule has 2 rings (SSSR count). The normalized spacial score (nSPS) is 18.4. The van der Waals surface area contributed by atoms with E-state index in [1.54, 1.807) is 0 Å². The Morgan fingerprint density at radius 3 is 2.71 bits per heavy atom. The predicted octanol–water partition coefficient (Wildman–Crippen LogP) is 1.51. The second-order valence-corrected chi connectivity index (χ2v) is 3.75. The summed E-state index contributed by atoms with van der Waals surface area (Å²) in [4.78, 5) is 15.3. The molecule has 1 saturated carbocycles. The number of rotatable bonds is 1. The molecule has 0 bridgehead atoms. The topological polar surface area (TPSA) is 53.8 Å². The number of hydrogen-bond donors (Lipinski definition) is 0. The summed E-state index contributed by atoms with van der Waals surface area (Å²) in [6.45, 7) is 1.88. The molecule has 0 aliphatic heterocycles. The van der Waals surface area contributed by atoms with Gasteiger partial charge in [0.05, 0.1) is 11.8 Å². The van der Waals surface area contributed by atoms with E-state index >= 15 is 0 Å². The number of hydrogen-bond acceptors (Lipinski definition) is 3. The number of carbonyl (C=O) groups excluding carboxylic acids is 1. The van der Waals surface area contributed by atoms with Gasteiger partial charge >= 0.3 is 0 Å². The van der Waals surface area contributed by atoms with E-state index in [9.17, 15) is 4.79 Å². The summed E-state index contributed by atoms with van der Waals surface area (Å²) in [6.07, 6.45) is 0.639. The van der Waals surface area contributed by atoms with Crippen LogP contribution in [0.5, 0.6) is 0 Å². The summed E-state index contributed by atoms with van der Waals surface area (Å²) in [7, 11) is 0. The summed E-state index contributed by atoms with van der Waals surface area (Å²) in [5, 5.41) is 9.06. The van der Waals surface area contributed by atoms with Crippen molar-refractivity contribution in [3.05, 3.63) is 29.6 Å². The number of aryl methyl sites for hydroxylation is 1. The first kappa shape index (κ1) is 8.89. The number of ketones is 1. The van der Waals surface area contributed by atoms with Crippen LogP contribution < -0.4 is 0 Å². The van der Waals surface area contributed by atoms with Crippen LogP contribution in [0, 0.1) is 18.3 Å². The van der Waals surface area contributed by atoms with Crippen molar-refractivity contribution in [2.75, 3.05) is 0 Å². The molecule has 0 N–H and O–H groups in total. The van der Waals surface area contributed by atoms with Crippen molar-refractivity contribution in [1.82, 2.24) is 4.98 Å². The van der Waals surface area contributed by atoms with E-state index in [0.717, 1.165) is 11.4 Å². The summed E-state index contributed by atoms with van der Waals surface area (Å²) < 4.78 is 0. The van der Waals surface area contributed by atoms with Crippen LogP contribution in [0.1, 0.15) is 24.2 Å². The minimum atomic E-state index is -0.636. The molecule has 1 aromatic heterocycles. The first-order chi connectivity index (χ1) is 6.66. The summed E-state index contributed by atoms with van der Waals surface area (Å²) >= 11 is 0. The Labute approximate surface area is 82.4 Å². The van der Waals surface area contributed by atoms with E-state index in [1.165, 1.54) is 0 Å². The standard InChI is InChI=1S/C11H10N2O/c1-8-3-2-4-10(13-8)11(7-12)5-9(14)6-11/h2-4H,5-6H2,1H3. The number of nitriles is 1. The molecule has 0 aromatic carbocycles. The molecule has 1 aliphatic carbocycles. The van der Waals surface area contributed by atoms with E-state index in [4.69, 9.17) is 5.26 Å². The maximum atomic E-state index is 11.0. The first-order valence-corrected chi connectivity index (χ1v) is 4.53. The molecule has 70 valence electrons. The van der Waals surface area contributed by atoms with Crippen LogP contribution in [0.15, 0.2) is 18.2 Å². The maximum absolute atomic E-state index is 11.0. The highest BCUT2D eigenvalue weighted by Gasteiger charge is 2.46. The van der Waals surface area contributed by atoms with Gasteiger partial charge in [0, 0.05) is 18.5 Å². The SMILES string of the molecule is Cc1cccc(C2(C#N)CC(=O)C2)n1. The van der Waals surface area contributed by atoms with Gasteiger partial charge in [-0.1, -0.05) is 6.07 Å². The van der Waals surface area contributed by atoms with Crippen LogP contribution >= 0.6 is 0 Å². The molecule has 1 aliphatic rings. The summed E-state index contributed by atoms with van der Waals surface area (Å²) in [6, 6.07) is 7.79. The smallest absolute Gasteiger partial charge is 0.136 e. The molecule has 0 atom stereocenters. The summed E-state index contributed by atoms with van der Waals surface area (Å²) in [5.74, 6) is 0.148. The van der Waals surface area contributed by atoms with Crippen LogP contribution in [0.25, 0.3) is 0 Å². The van der Waals surface area contributed by atoms with Gasteiger partial charge in [0.1, 0.15) is 11.2 Å². The Balaban J connectivity index is 2.39. The number of nitrogens with zero attached hydrogens (tertiary/aromatic N) is 2. The van der Waals surface area contributed by atoms with Crippen LogP contribution in [0.2, 0.25) is 0 Å². The first-order valence-electron chi connectivity index (χ1n) is 4.53. The maximum Gasteiger partial charge on any atom is 0.136 e. The zero-order valence-corrected chi connectivity index (χ0v) is 7.95. The van der Waals surface area contributed by atoms with Crippen molar-refractivity contribution in [2.24, 2.45) is 0 Å². The number of aromatic nitrogens is 1. The Bertz CT molecular complexity index is 423. The van der Waals surface area contributed by atoms with E-state index in [-0.39, 0.29) is 5.78 Å². The lowest BCUT2D eigenvalue weighted by Crippen LogP contribution is -2.41. The molecule has 0 saturated heterocycles. The van der Waals surface area contributed by atoms with Gasteiger partial charge in [-0.05, 0) is 19.1 Å². The molecule has 14 heavy (non-hydrogen) atoms. The molecule has 1 fully saturated rings. The van der Waals surface area contributed by atoms with Gasteiger partial charge in [-0.15, -0.1) is 0 Å². The van der Waals surface area contributed by atoms with E-state index in [1.807, 2.05) is 25.1 Å². The number of carbonyl (C=O) groups is 1. The lowest BCUT2D eigenvalue weighted by Gasteiger charge is -2.32. The third kappa shape index (κ3) is 1.20. The van der Waals surface area contributed by atoms with Crippen LogP contribution in [0.4, 0.5) is 0 Å². The Kier molecular flexibility index (Phi) is 1.85. The molecule has 0 radical (unpaired) electrons. The summed E-state index contributed by atoms with van der Waals surface area (Å²) in [5.41, 5.74) is 0.986. The minimum Gasteiger partial charge on any atom is -0.300 e. The zero-order valence-electron chi connectivity index (χ0n) is 7.95. The molecular formula is C11H10N2O. The van der Waals surface area contributed by atoms with Gasteiger partial charge in [-0.3, -0.25) is 9.78 Å². The lowest BCUT2D eigenvalue weighted by molar-refractivity contribution is -0.126. The van der Waals surface area contributed by atoms with Crippen LogP contribution in [-0.2, 0) is 10.2 Å². The highest BCUT2D eigenvalue weighted by atomic mass is 16.1.